The summed E-state index contributed by atoms with van der Waals surface area (Å²) in [6, 6.07) is 10.1. The number of aryl methyl sites for hydroxylation is 2. The van der Waals surface area contributed by atoms with Crippen LogP contribution in [0.4, 0.5) is 0 Å². The van der Waals surface area contributed by atoms with Gasteiger partial charge < -0.3 is 10.1 Å². The van der Waals surface area contributed by atoms with Gasteiger partial charge in [0.15, 0.2) is 0 Å². The number of rotatable bonds is 3. The number of carbonyl (C=O) groups is 1. The Kier molecular flexibility index (Phi) is 3.93. The molecule has 1 aliphatic heterocycles. The lowest BCUT2D eigenvalue weighted by Gasteiger charge is -2.25. The standard InChI is InChI=1S/C18H19N5O2/c1-11-7-12(2)23-18(20-11)21-16(22-23)17(24)19-9-15-8-13-5-3-4-6-14(13)10-25-15/h3-7,15H,8-10H2,1-2H3,(H,19,24). The van der Waals surface area contributed by atoms with Crippen LogP contribution < -0.4 is 5.32 Å². The lowest BCUT2D eigenvalue weighted by molar-refractivity contribution is 0.0284. The van der Waals surface area contributed by atoms with Crippen LogP contribution in [0.5, 0.6) is 0 Å². The van der Waals surface area contributed by atoms with Crippen LogP contribution in [0.1, 0.15) is 33.1 Å². The van der Waals surface area contributed by atoms with Gasteiger partial charge in [-0.15, -0.1) is 5.10 Å². The second-order valence-corrected chi connectivity index (χ2v) is 6.30. The van der Waals surface area contributed by atoms with Gasteiger partial charge in [-0.25, -0.2) is 9.50 Å². The topological polar surface area (TPSA) is 81.4 Å². The van der Waals surface area contributed by atoms with E-state index in [2.05, 4.69) is 32.5 Å². The number of aromatic nitrogens is 4. The fourth-order valence-electron chi connectivity index (χ4n) is 3.09. The summed E-state index contributed by atoms with van der Waals surface area (Å²) in [5.74, 6) is 0.243. The quantitative estimate of drug-likeness (QED) is 0.785. The van der Waals surface area contributed by atoms with Crippen molar-refractivity contribution in [1.82, 2.24) is 24.9 Å². The third-order valence-electron chi connectivity index (χ3n) is 4.35. The fraction of sp³-hybridized carbons (Fsp3) is 0.333. The van der Waals surface area contributed by atoms with Crippen molar-refractivity contribution in [3.8, 4) is 0 Å². The normalized spacial score (nSPS) is 16.6. The van der Waals surface area contributed by atoms with Gasteiger partial charge in [-0.3, -0.25) is 4.79 Å². The van der Waals surface area contributed by atoms with Crippen molar-refractivity contribution in [3.63, 3.8) is 0 Å². The van der Waals surface area contributed by atoms with Crippen molar-refractivity contribution in [2.75, 3.05) is 6.54 Å². The average molecular weight is 337 g/mol. The summed E-state index contributed by atoms with van der Waals surface area (Å²) in [4.78, 5) is 20.9. The second kappa shape index (κ2) is 6.25. The molecule has 0 spiro atoms. The molecule has 7 heteroatoms. The van der Waals surface area contributed by atoms with E-state index in [1.54, 1.807) is 4.52 Å². The molecule has 1 amide bonds. The van der Waals surface area contributed by atoms with Crippen LogP contribution in [0.2, 0.25) is 0 Å². The molecule has 0 fully saturated rings. The first-order valence-electron chi connectivity index (χ1n) is 8.28. The Bertz CT molecular complexity index is 950. The fourth-order valence-corrected chi connectivity index (χ4v) is 3.09. The summed E-state index contributed by atoms with van der Waals surface area (Å²) >= 11 is 0. The third kappa shape index (κ3) is 3.10. The van der Waals surface area contributed by atoms with Gasteiger partial charge in [0.25, 0.3) is 11.7 Å². The van der Waals surface area contributed by atoms with Gasteiger partial charge in [-0.2, -0.15) is 4.98 Å². The Balaban J connectivity index is 1.44. The van der Waals surface area contributed by atoms with Crippen LogP contribution in [-0.4, -0.2) is 38.1 Å². The monoisotopic (exact) mass is 337 g/mol. The number of nitrogens with one attached hydrogen (secondary N) is 1. The Hall–Kier alpha value is -2.80. The van der Waals surface area contributed by atoms with Crippen LogP contribution in [0.3, 0.4) is 0 Å². The molecule has 25 heavy (non-hydrogen) atoms. The number of fused-ring (bicyclic) bond motifs is 2. The van der Waals surface area contributed by atoms with E-state index in [0.717, 1.165) is 17.8 Å². The number of nitrogens with zero attached hydrogens (tertiary/aromatic N) is 4. The molecule has 0 saturated carbocycles. The van der Waals surface area contributed by atoms with E-state index < -0.39 is 0 Å². The molecule has 0 bridgehead atoms. The summed E-state index contributed by atoms with van der Waals surface area (Å²) in [7, 11) is 0. The number of ether oxygens (including phenoxy) is 1. The number of amides is 1. The molecule has 1 aliphatic rings. The minimum Gasteiger partial charge on any atom is -0.371 e. The molecule has 0 aliphatic carbocycles. The second-order valence-electron chi connectivity index (χ2n) is 6.30. The Morgan fingerprint density at radius 1 is 1.28 bits per heavy atom. The van der Waals surface area contributed by atoms with Gasteiger partial charge in [0.1, 0.15) is 0 Å². The Morgan fingerprint density at radius 2 is 2.08 bits per heavy atom. The van der Waals surface area contributed by atoms with Crippen molar-refractivity contribution < 1.29 is 9.53 Å². The number of hydrogen-bond donors (Lipinski definition) is 1. The van der Waals surface area contributed by atoms with E-state index in [4.69, 9.17) is 4.74 Å². The molecule has 7 nitrogen and oxygen atoms in total. The largest absolute Gasteiger partial charge is 0.371 e. The average Bonchev–Trinajstić information content (AvgIpc) is 3.04. The molecule has 128 valence electrons. The van der Waals surface area contributed by atoms with Gasteiger partial charge in [0, 0.05) is 24.4 Å². The molecule has 3 heterocycles. The maximum absolute atomic E-state index is 12.4. The zero-order chi connectivity index (χ0) is 17.4. The number of carbonyl (C=O) groups excluding carboxylic acids is 1. The number of hydrogen-bond acceptors (Lipinski definition) is 5. The molecular formula is C18H19N5O2. The maximum atomic E-state index is 12.4. The van der Waals surface area contributed by atoms with E-state index in [0.29, 0.717) is 18.9 Å². The summed E-state index contributed by atoms with van der Waals surface area (Å²) in [6.07, 6.45) is 0.743. The predicted molar refractivity (Wildman–Crippen MR) is 91.3 cm³/mol. The lowest BCUT2D eigenvalue weighted by Crippen LogP contribution is -2.37. The highest BCUT2D eigenvalue weighted by molar-refractivity contribution is 5.90. The molecule has 1 unspecified atom stereocenters. The zero-order valence-electron chi connectivity index (χ0n) is 14.2. The van der Waals surface area contributed by atoms with Crippen LogP contribution in [0.15, 0.2) is 30.3 Å². The van der Waals surface area contributed by atoms with Crippen LogP contribution in [0.25, 0.3) is 5.78 Å². The Labute approximate surface area is 145 Å². The SMILES string of the molecule is Cc1cc(C)n2nc(C(=O)NCC3Cc4ccccc4CO3)nc2n1. The molecule has 3 aromatic rings. The summed E-state index contributed by atoms with van der Waals surface area (Å²) in [5, 5.41) is 7.11. The highest BCUT2D eigenvalue weighted by atomic mass is 16.5. The predicted octanol–water partition coefficient (Wildman–Crippen LogP) is 1.61. The first kappa shape index (κ1) is 15.7. The first-order chi connectivity index (χ1) is 12.1. The van der Waals surface area contributed by atoms with Crippen LogP contribution in [0, 0.1) is 13.8 Å². The van der Waals surface area contributed by atoms with Gasteiger partial charge in [0.2, 0.25) is 5.82 Å². The number of benzene rings is 1. The van der Waals surface area contributed by atoms with Gasteiger partial charge in [0.05, 0.1) is 12.7 Å². The highest BCUT2D eigenvalue weighted by Gasteiger charge is 2.21. The van der Waals surface area contributed by atoms with Crippen LogP contribution in [-0.2, 0) is 17.8 Å². The van der Waals surface area contributed by atoms with E-state index in [1.807, 2.05) is 32.0 Å². The van der Waals surface area contributed by atoms with Gasteiger partial charge >= 0.3 is 0 Å². The van der Waals surface area contributed by atoms with E-state index in [1.165, 1.54) is 11.1 Å². The molecule has 4 rings (SSSR count). The molecule has 0 saturated heterocycles. The minimum absolute atomic E-state index is 0.0435. The van der Waals surface area contributed by atoms with Crippen molar-refractivity contribution in [2.24, 2.45) is 0 Å². The van der Waals surface area contributed by atoms with E-state index in [-0.39, 0.29) is 17.8 Å². The third-order valence-corrected chi connectivity index (χ3v) is 4.35. The smallest absolute Gasteiger partial charge is 0.291 e. The highest BCUT2D eigenvalue weighted by Crippen LogP contribution is 2.19. The minimum atomic E-state index is -0.315. The first-order valence-corrected chi connectivity index (χ1v) is 8.28. The molecule has 1 N–H and O–H groups in total. The lowest BCUT2D eigenvalue weighted by atomic mass is 9.99. The van der Waals surface area contributed by atoms with Crippen molar-refractivity contribution in [2.45, 2.75) is 33.0 Å². The summed E-state index contributed by atoms with van der Waals surface area (Å²) < 4.78 is 7.39. The van der Waals surface area contributed by atoms with Crippen molar-refractivity contribution >= 4 is 11.7 Å². The van der Waals surface area contributed by atoms with Gasteiger partial charge in [-0.05, 0) is 31.0 Å². The van der Waals surface area contributed by atoms with E-state index >= 15 is 0 Å². The maximum Gasteiger partial charge on any atom is 0.291 e. The van der Waals surface area contributed by atoms with Crippen molar-refractivity contribution in [3.05, 3.63) is 58.7 Å². The van der Waals surface area contributed by atoms with Crippen LogP contribution >= 0.6 is 0 Å². The summed E-state index contributed by atoms with van der Waals surface area (Å²) in [6.45, 7) is 4.80. The molecular weight excluding hydrogens is 318 g/mol. The van der Waals surface area contributed by atoms with E-state index in [9.17, 15) is 4.79 Å². The zero-order valence-corrected chi connectivity index (χ0v) is 14.2. The van der Waals surface area contributed by atoms with Crippen molar-refractivity contribution in [1.29, 1.82) is 0 Å². The molecule has 1 aromatic carbocycles. The Morgan fingerprint density at radius 3 is 2.92 bits per heavy atom. The summed E-state index contributed by atoms with van der Waals surface area (Å²) in [5.41, 5.74) is 4.22. The van der Waals surface area contributed by atoms with Gasteiger partial charge in [-0.1, -0.05) is 24.3 Å². The molecule has 0 radical (unpaired) electrons. The molecule has 1 atom stereocenters. The molecule has 2 aromatic heterocycles.